The Hall–Kier alpha value is -1.15. The van der Waals surface area contributed by atoms with Gasteiger partial charge < -0.3 is 14.7 Å². The van der Waals surface area contributed by atoms with E-state index in [1.807, 2.05) is 4.90 Å². The molecule has 108 valence electrons. The fraction of sp³-hybridized carbons (Fsp3) is 0.500. The van der Waals surface area contributed by atoms with Crippen LogP contribution in [0, 0.1) is 0 Å². The zero-order chi connectivity index (χ0) is 14.3. The summed E-state index contributed by atoms with van der Waals surface area (Å²) in [5.41, 5.74) is 0.848. The van der Waals surface area contributed by atoms with Crippen LogP contribution in [0.3, 0.4) is 0 Å². The number of benzene rings is 1. The van der Waals surface area contributed by atoms with Gasteiger partial charge in [-0.1, -0.05) is 0 Å². The minimum atomic E-state index is -3.41. The van der Waals surface area contributed by atoms with E-state index in [-0.39, 0.29) is 11.5 Å². The van der Waals surface area contributed by atoms with E-state index in [0.29, 0.717) is 19.7 Å². The minimum absolute atomic E-state index is 0.0281. The van der Waals surface area contributed by atoms with Crippen LogP contribution in [0.1, 0.15) is 0 Å². The highest BCUT2D eigenvalue weighted by molar-refractivity contribution is 7.89. The van der Waals surface area contributed by atoms with Crippen LogP contribution in [-0.4, -0.2) is 54.0 Å². The zero-order valence-electron chi connectivity index (χ0n) is 11.2. The number of hydrogen-bond acceptors (Lipinski definition) is 5. The number of ether oxygens (including phenoxy) is 1. The molecular weight excluding hydrogens is 268 g/mol. The van der Waals surface area contributed by atoms with Gasteiger partial charge in [0.05, 0.1) is 18.1 Å². The number of methoxy groups -OCH3 is 1. The lowest BCUT2D eigenvalue weighted by Crippen LogP contribution is -2.30. The molecule has 0 heterocycles. The van der Waals surface area contributed by atoms with Crippen molar-refractivity contribution in [3.05, 3.63) is 24.3 Å². The van der Waals surface area contributed by atoms with Gasteiger partial charge in [0.2, 0.25) is 10.0 Å². The Balaban J connectivity index is 2.88. The summed E-state index contributed by atoms with van der Waals surface area (Å²) in [5.74, 6) is 0. The molecule has 0 aliphatic rings. The van der Waals surface area contributed by atoms with E-state index in [4.69, 9.17) is 9.84 Å². The molecule has 0 aliphatic heterocycles. The van der Waals surface area contributed by atoms with Crippen LogP contribution < -0.4 is 9.62 Å². The number of hydrogen-bond donors (Lipinski definition) is 2. The molecule has 6 nitrogen and oxygen atoms in total. The van der Waals surface area contributed by atoms with Gasteiger partial charge in [-0.2, -0.15) is 0 Å². The van der Waals surface area contributed by atoms with E-state index in [2.05, 4.69) is 4.72 Å². The van der Waals surface area contributed by atoms with Gasteiger partial charge in [-0.05, 0) is 31.3 Å². The number of nitrogens with one attached hydrogen (secondary N) is 1. The molecule has 0 aromatic heterocycles. The molecule has 0 radical (unpaired) electrons. The normalized spacial score (nSPS) is 11.5. The number of aliphatic hydroxyl groups excluding tert-OH is 1. The smallest absolute Gasteiger partial charge is 0.240 e. The van der Waals surface area contributed by atoms with Crippen LogP contribution in [0.15, 0.2) is 29.2 Å². The fourth-order valence-corrected chi connectivity index (χ4v) is 2.38. The summed E-state index contributed by atoms with van der Waals surface area (Å²) in [6.45, 7) is 1.67. The number of sulfonamides is 1. The van der Waals surface area contributed by atoms with Crippen LogP contribution in [-0.2, 0) is 14.8 Å². The second-order valence-electron chi connectivity index (χ2n) is 3.90. The molecule has 0 saturated heterocycles. The van der Waals surface area contributed by atoms with Gasteiger partial charge >= 0.3 is 0 Å². The van der Waals surface area contributed by atoms with E-state index in [1.54, 1.807) is 31.4 Å². The molecule has 1 rings (SSSR count). The standard InChI is InChI=1S/C12H20N2O4S/c1-13-19(16,17)12-5-3-11(4-6-12)14(7-9-15)8-10-18-2/h3-6,13,15H,7-10H2,1-2H3. The molecule has 0 bridgehead atoms. The maximum Gasteiger partial charge on any atom is 0.240 e. The molecule has 0 aliphatic carbocycles. The Labute approximate surface area is 114 Å². The molecule has 1 aromatic carbocycles. The Morgan fingerprint density at radius 2 is 1.89 bits per heavy atom. The summed E-state index contributed by atoms with van der Waals surface area (Å²) in [4.78, 5) is 2.15. The monoisotopic (exact) mass is 288 g/mol. The summed E-state index contributed by atoms with van der Waals surface area (Å²) in [6, 6.07) is 6.52. The molecular formula is C12H20N2O4S. The first-order valence-corrected chi connectivity index (χ1v) is 7.42. The molecule has 19 heavy (non-hydrogen) atoms. The lowest BCUT2D eigenvalue weighted by Gasteiger charge is -2.23. The first-order valence-electron chi connectivity index (χ1n) is 5.93. The predicted molar refractivity (Wildman–Crippen MR) is 73.9 cm³/mol. The third-order valence-corrected chi connectivity index (χ3v) is 4.15. The predicted octanol–water partition coefficient (Wildman–Crippen LogP) is 0.0398. The molecule has 0 amide bonds. The second-order valence-corrected chi connectivity index (χ2v) is 5.79. The molecule has 0 fully saturated rings. The van der Waals surface area contributed by atoms with Crippen molar-refractivity contribution < 1.29 is 18.3 Å². The van der Waals surface area contributed by atoms with Gasteiger partial charge in [-0.25, -0.2) is 13.1 Å². The topological polar surface area (TPSA) is 78.9 Å². The van der Waals surface area contributed by atoms with Crippen molar-refractivity contribution >= 4 is 15.7 Å². The lowest BCUT2D eigenvalue weighted by atomic mass is 10.3. The number of rotatable bonds is 8. The highest BCUT2D eigenvalue weighted by Crippen LogP contribution is 2.17. The molecule has 1 aromatic rings. The van der Waals surface area contributed by atoms with Gasteiger partial charge in [-0.15, -0.1) is 0 Å². The highest BCUT2D eigenvalue weighted by Gasteiger charge is 2.12. The van der Waals surface area contributed by atoms with E-state index in [0.717, 1.165) is 5.69 Å². The molecule has 0 atom stereocenters. The van der Waals surface area contributed by atoms with Crippen LogP contribution in [0.5, 0.6) is 0 Å². The van der Waals surface area contributed by atoms with Crippen molar-refractivity contribution in [3.63, 3.8) is 0 Å². The third-order valence-electron chi connectivity index (χ3n) is 2.72. The van der Waals surface area contributed by atoms with Crippen molar-refractivity contribution in [2.45, 2.75) is 4.90 Å². The van der Waals surface area contributed by atoms with Gasteiger partial charge in [0.15, 0.2) is 0 Å². The Morgan fingerprint density at radius 1 is 1.26 bits per heavy atom. The van der Waals surface area contributed by atoms with E-state index in [9.17, 15) is 8.42 Å². The zero-order valence-corrected chi connectivity index (χ0v) is 12.0. The van der Waals surface area contributed by atoms with Gasteiger partial charge in [0.25, 0.3) is 0 Å². The summed E-state index contributed by atoms with van der Waals surface area (Å²) in [7, 11) is -0.427. The Morgan fingerprint density at radius 3 is 2.37 bits per heavy atom. The van der Waals surface area contributed by atoms with E-state index in [1.165, 1.54) is 7.05 Å². The number of nitrogens with zero attached hydrogens (tertiary/aromatic N) is 1. The number of anilines is 1. The van der Waals surface area contributed by atoms with Crippen LogP contribution >= 0.6 is 0 Å². The average molecular weight is 288 g/mol. The van der Waals surface area contributed by atoms with Crippen molar-refractivity contribution in [2.75, 3.05) is 45.4 Å². The van der Waals surface area contributed by atoms with Crippen molar-refractivity contribution in [1.82, 2.24) is 4.72 Å². The number of aliphatic hydroxyl groups is 1. The first-order chi connectivity index (χ1) is 9.05. The van der Waals surface area contributed by atoms with Crippen molar-refractivity contribution in [2.24, 2.45) is 0 Å². The summed E-state index contributed by atoms with van der Waals surface area (Å²) in [5, 5.41) is 9.03. The maximum atomic E-state index is 11.6. The van der Waals surface area contributed by atoms with Crippen LogP contribution in [0.25, 0.3) is 0 Å². The van der Waals surface area contributed by atoms with Gasteiger partial charge in [0.1, 0.15) is 0 Å². The largest absolute Gasteiger partial charge is 0.395 e. The van der Waals surface area contributed by atoms with E-state index < -0.39 is 10.0 Å². The average Bonchev–Trinajstić information content (AvgIpc) is 2.43. The summed E-state index contributed by atoms with van der Waals surface area (Å²) >= 11 is 0. The van der Waals surface area contributed by atoms with Crippen LogP contribution in [0.4, 0.5) is 5.69 Å². The highest BCUT2D eigenvalue weighted by atomic mass is 32.2. The first kappa shape index (κ1) is 15.9. The van der Waals surface area contributed by atoms with Gasteiger partial charge in [0, 0.05) is 25.9 Å². The fourth-order valence-electron chi connectivity index (χ4n) is 1.65. The Kier molecular flexibility index (Phi) is 6.23. The minimum Gasteiger partial charge on any atom is -0.395 e. The lowest BCUT2D eigenvalue weighted by molar-refractivity contribution is 0.203. The molecule has 0 spiro atoms. The third kappa shape index (κ3) is 4.46. The van der Waals surface area contributed by atoms with Crippen LogP contribution in [0.2, 0.25) is 0 Å². The molecule has 0 saturated carbocycles. The van der Waals surface area contributed by atoms with E-state index >= 15 is 0 Å². The molecule has 0 unspecified atom stereocenters. The van der Waals surface area contributed by atoms with Crippen molar-refractivity contribution in [1.29, 1.82) is 0 Å². The van der Waals surface area contributed by atoms with Crippen molar-refractivity contribution in [3.8, 4) is 0 Å². The summed E-state index contributed by atoms with van der Waals surface area (Å²) < 4.78 is 30.5. The molecule has 7 heteroatoms. The maximum absolute atomic E-state index is 11.6. The Bertz CT molecular complexity index is 473. The SMILES string of the molecule is CNS(=O)(=O)c1ccc(N(CCO)CCOC)cc1. The second kappa shape index (κ2) is 7.44. The quantitative estimate of drug-likeness (QED) is 0.706. The van der Waals surface area contributed by atoms with Gasteiger partial charge in [-0.3, -0.25) is 0 Å². The summed E-state index contributed by atoms with van der Waals surface area (Å²) in [6.07, 6.45) is 0. The molecule has 2 N–H and O–H groups in total.